The minimum Gasteiger partial charge on any atom is -0.265 e. The van der Waals surface area contributed by atoms with Gasteiger partial charge in [0.25, 0.3) is 0 Å². The summed E-state index contributed by atoms with van der Waals surface area (Å²) in [6.07, 6.45) is 3.96. The molecule has 0 radical (unpaired) electrons. The zero-order valence-electron chi connectivity index (χ0n) is 10.5. The Morgan fingerprint density at radius 1 is 1.12 bits per heavy atom. The molecule has 0 aliphatic carbocycles. The SMILES string of the molecule is CC.Cc1cnn([C@@H](C)c2ccccc2)c1. The zero-order chi connectivity index (χ0) is 12.0. The molecule has 86 valence electrons. The lowest BCUT2D eigenvalue weighted by Gasteiger charge is -2.11. The van der Waals surface area contributed by atoms with E-state index in [9.17, 15) is 0 Å². The Bertz CT molecular complexity index is 404. The van der Waals surface area contributed by atoms with E-state index in [1.807, 2.05) is 30.8 Å². The molecular weight excluding hydrogens is 196 g/mol. The Balaban J connectivity index is 0.000000606. The third kappa shape index (κ3) is 2.96. The van der Waals surface area contributed by atoms with E-state index in [2.05, 4.69) is 49.4 Å². The summed E-state index contributed by atoms with van der Waals surface area (Å²) in [6, 6.07) is 10.7. The summed E-state index contributed by atoms with van der Waals surface area (Å²) >= 11 is 0. The van der Waals surface area contributed by atoms with Gasteiger partial charge in [0.1, 0.15) is 0 Å². The van der Waals surface area contributed by atoms with Gasteiger partial charge in [0, 0.05) is 6.20 Å². The van der Waals surface area contributed by atoms with E-state index in [1.54, 1.807) is 0 Å². The second kappa shape index (κ2) is 6.11. The number of hydrogen-bond acceptors (Lipinski definition) is 1. The molecule has 0 saturated heterocycles. The predicted octanol–water partition coefficient (Wildman–Crippen LogP) is 3.83. The van der Waals surface area contributed by atoms with E-state index in [0.717, 1.165) is 0 Å². The van der Waals surface area contributed by atoms with Crippen LogP contribution in [0.2, 0.25) is 0 Å². The van der Waals surface area contributed by atoms with Gasteiger partial charge in [-0.05, 0) is 25.0 Å². The quantitative estimate of drug-likeness (QED) is 0.746. The highest BCUT2D eigenvalue weighted by Crippen LogP contribution is 2.16. The monoisotopic (exact) mass is 216 g/mol. The fraction of sp³-hybridized carbons (Fsp3) is 0.357. The maximum absolute atomic E-state index is 4.31. The van der Waals surface area contributed by atoms with Crippen molar-refractivity contribution in [1.29, 1.82) is 0 Å². The van der Waals surface area contributed by atoms with Gasteiger partial charge >= 0.3 is 0 Å². The van der Waals surface area contributed by atoms with Crippen LogP contribution in [0, 0.1) is 6.92 Å². The van der Waals surface area contributed by atoms with Gasteiger partial charge in [-0.2, -0.15) is 5.10 Å². The Morgan fingerprint density at radius 2 is 1.75 bits per heavy atom. The summed E-state index contributed by atoms with van der Waals surface area (Å²) in [4.78, 5) is 0. The van der Waals surface area contributed by atoms with E-state index in [4.69, 9.17) is 0 Å². The van der Waals surface area contributed by atoms with Crippen molar-refractivity contribution in [2.75, 3.05) is 0 Å². The minimum atomic E-state index is 0.310. The largest absolute Gasteiger partial charge is 0.265 e. The van der Waals surface area contributed by atoms with Crippen molar-refractivity contribution in [1.82, 2.24) is 9.78 Å². The first kappa shape index (κ1) is 12.5. The first-order valence-corrected chi connectivity index (χ1v) is 5.83. The van der Waals surface area contributed by atoms with Crippen molar-refractivity contribution in [2.45, 2.75) is 33.7 Å². The zero-order valence-corrected chi connectivity index (χ0v) is 10.5. The highest BCUT2D eigenvalue weighted by molar-refractivity contribution is 5.19. The third-order valence-corrected chi connectivity index (χ3v) is 2.41. The van der Waals surface area contributed by atoms with Crippen molar-refractivity contribution < 1.29 is 0 Å². The molecule has 1 atom stereocenters. The molecule has 1 aromatic carbocycles. The molecule has 0 saturated carbocycles. The molecule has 0 bridgehead atoms. The Hall–Kier alpha value is -1.57. The van der Waals surface area contributed by atoms with Gasteiger partial charge in [-0.15, -0.1) is 0 Å². The van der Waals surface area contributed by atoms with Crippen molar-refractivity contribution in [3.63, 3.8) is 0 Å². The van der Waals surface area contributed by atoms with Gasteiger partial charge in [0.15, 0.2) is 0 Å². The standard InChI is InChI=1S/C12H14N2.C2H6/c1-10-8-13-14(9-10)11(2)12-6-4-3-5-7-12;1-2/h3-9,11H,1-2H3;1-2H3/t11-;/m0./s1. The molecule has 0 amide bonds. The van der Waals surface area contributed by atoms with Gasteiger partial charge < -0.3 is 0 Å². The van der Waals surface area contributed by atoms with Crippen molar-refractivity contribution in [3.8, 4) is 0 Å². The Kier molecular flexibility index (Phi) is 4.77. The maximum Gasteiger partial charge on any atom is 0.0740 e. The van der Waals surface area contributed by atoms with E-state index in [1.165, 1.54) is 11.1 Å². The van der Waals surface area contributed by atoms with Crippen LogP contribution >= 0.6 is 0 Å². The van der Waals surface area contributed by atoms with Crippen LogP contribution in [0.15, 0.2) is 42.7 Å². The number of aromatic nitrogens is 2. The number of rotatable bonds is 2. The highest BCUT2D eigenvalue weighted by atomic mass is 15.3. The van der Waals surface area contributed by atoms with E-state index < -0.39 is 0 Å². The summed E-state index contributed by atoms with van der Waals surface area (Å²) in [7, 11) is 0. The van der Waals surface area contributed by atoms with Crippen molar-refractivity contribution in [3.05, 3.63) is 53.9 Å². The minimum absolute atomic E-state index is 0.310. The van der Waals surface area contributed by atoms with Crippen molar-refractivity contribution in [2.24, 2.45) is 0 Å². The molecule has 0 aliphatic heterocycles. The van der Waals surface area contributed by atoms with Crippen LogP contribution in [0.5, 0.6) is 0 Å². The first-order valence-electron chi connectivity index (χ1n) is 5.83. The van der Waals surface area contributed by atoms with Gasteiger partial charge in [-0.25, -0.2) is 0 Å². The normalized spacial score (nSPS) is 11.5. The molecule has 0 fully saturated rings. The van der Waals surface area contributed by atoms with Crippen LogP contribution < -0.4 is 0 Å². The molecule has 2 nitrogen and oxygen atoms in total. The summed E-state index contributed by atoms with van der Waals surface area (Å²) in [6.45, 7) is 8.21. The number of nitrogens with zero attached hydrogens (tertiary/aromatic N) is 2. The van der Waals surface area contributed by atoms with Crippen LogP contribution in [-0.4, -0.2) is 9.78 Å². The van der Waals surface area contributed by atoms with Gasteiger partial charge in [0.2, 0.25) is 0 Å². The number of aryl methyl sites for hydroxylation is 1. The van der Waals surface area contributed by atoms with Crippen LogP contribution in [-0.2, 0) is 0 Å². The second-order valence-electron chi connectivity index (χ2n) is 3.58. The van der Waals surface area contributed by atoms with E-state index in [-0.39, 0.29) is 0 Å². The van der Waals surface area contributed by atoms with E-state index in [0.29, 0.717) is 6.04 Å². The average Bonchev–Trinajstić information content (AvgIpc) is 2.79. The summed E-state index contributed by atoms with van der Waals surface area (Å²) < 4.78 is 1.99. The molecular formula is C14H20N2. The van der Waals surface area contributed by atoms with Crippen LogP contribution in [0.25, 0.3) is 0 Å². The van der Waals surface area contributed by atoms with Crippen LogP contribution in [0.3, 0.4) is 0 Å². The topological polar surface area (TPSA) is 17.8 Å². The molecule has 1 aromatic heterocycles. The lowest BCUT2D eigenvalue weighted by molar-refractivity contribution is 0.564. The lowest BCUT2D eigenvalue weighted by Crippen LogP contribution is -2.06. The summed E-state index contributed by atoms with van der Waals surface area (Å²) in [5.74, 6) is 0. The average molecular weight is 216 g/mol. The molecule has 0 spiro atoms. The maximum atomic E-state index is 4.31. The first-order chi connectivity index (χ1) is 7.77. The van der Waals surface area contributed by atoms with Gasteiger partial charge in [0.05, 0.1) is 12.2 Å². The molecule has 16 heavy (non-hydrogen) atoms. The molecule has 2 heteroatoms. The second-order valence-corrected chi connectivity index (χ2v) is 3.58. The van der Waals surface area contributed by atoms with E-state index >= 15 is 0 Å². The third-order valence-electron chi connectivity index (χ3n) is 2.41. The van der Waals surface area contributed by atoms with Crippen LogP contribution in [0.1, 0.15) is 37.9 Å². The number of hydrogen-bond donors (Lipinski definition) is 0. The fourth-order valence-electron chi connectivity index (χ4n) is 1.53. The van der Waals surface area contributed by atoms with Gasteiger partial charge in [-0.1, -0.05) is 44.2 Å². The summed E-state index contributed by atoms with van der Waals surface area (Å²) in [5, 5.41) is 4.31. The lowest BCUT2D eigenvalue weighted by atomic mass is 10.1. The molecule has 1 heterocycles. The molecule has 0 N–H and O–H groups in total. The Morgan fingerprint density at radius 3 is 2.25 bits per heavy atom. The van der Waals surface area contributed by atoms with Crippen LogP contribution in [0.4, 0.5) is 0 Å². The van der Waals surface area contributed by atoms with Gasteiger partial charge in [-0.3, -0.25) is 4.68 Å². The molecule has 0 aliphatic rings. The molecule has 0 unspecified atom stereocenters. The number of benzene rings is 1. The van der Waals surface area contributed by atoms with Crippen molar-refractivity contribution >= 4 is 0 Å². The predicted molar refractivity (Wildman–Crippen MR) is 68.6 cm³/mol. The molecule has 2 rings (SSSR count). The fourth-order valence-corrected chi connectivity index (χ4v) is 1.53. The summed E-state index contributed by atoms with van der Waals surface area (Å²) in [5.41, 5.74) is 2.49. The highest BCUT2D eigenvalue weighted by Gasteiger charge is 2.06. The smallest absolute Gasteiger partial charge is 0.0740 e. The Labute approximate surface area is 97.9 Å². The molecule has 2 aromatic rings.